The van der Waals surface area contributed by atoms with Crippen LogP contribution >= 0.6 is 0 Å². The normalized spacial score (nSPS) is 15.2. The zero-order chi connectivity index (χ0) is 19.5. The third-order valence-corrected chi connectivity index (χ3v) is 4.87. The third kappa shape index (κ3) is 3.56. The number of hydrogen-bond donors (Lipinski definition) is 1. The lowest BCUT2D eigenvalue weighted by molar-refractivity contribution is 0.0981. The average Bonchev–Trinajstić information content (AvgIpc) is 3.05. The number of rotatable bonds is 5. The van der Waals surface area contributed by atoms with Crippen LogP contribution < -0.4 is 15.0 Å². The number of pyridine rings is 1. The molecule has 5 heteroatoms. The highest BCUT2D eigenvalue weighted by Gasteiger charge is 2.31. The van der Waals surface area contributed by atoms with Crippen LogP contribution in [0.5, 0.6) is 5.75 Å². The first-order valence-electron chi connectivity index (χ1n) is 9.53. The number of carbonyl (C=O) groups is 1. The molecule has 2 heterocycles. The molecule has 2 aromatic carbocycles. The van der Waals surface area contributed by atoms with Gasteiger partial charge in [-0.25, -0.2) is 4.98 Å². The quantitative estimate of drug-likeness (QED) is 0.697. The highest BCUT2D eigenvalue weighted by molar-refractivity contribution is 6.08. The first kappa shape index (κ1) is 18.0. The van der Waals surface area contributed by atoms with Gasteiger partial charge in [-0.2, -0.15) is 0 Å². The van der Waals surface area contributed by atoms with Crippen molar-refractivity contribution >= 4 is 23.1 Å². The molecule has 3 aromatic rings. The molecule has 0 fully saturated rings. The van der Waals surface area contributed by atoms with Crippen molar-refractivity contribution in [3.63, 3.8) is 0 Å². The van der Waals surface area contributed by atoms with Crippen molar-refractivity contribution in [3.8, 4) is 5.75 Å². The van der Waals surface area contributed by atoms with Gasteiger partial charge in [-0.05, 0) is 68.3 Å². The molecule has 1 amide bonds. The number of benzene rings is 2. The summed E-state index contributed by atoms with van der Waals surface area (Å²) in [6.07, 6.45) is 2.54. The Morgan fingerprint density at radius 3 is 2.75 bits per heavy atom. The molecular formula is C23H23N3O2. The van der Waals surface area contributed by atoms with Crippen LogP contribution in [0.15, 0.2) is 66.9 Å². The van der Waals surface area contributed by atoms with Gasteiger partial charge in [0, 0.05) is 29.2 Å². The zero-order valence-electron chi connectivity index (χ0n) is 16.1. The second kappa shape index (κ2) is 7.72. The van der Waals surface area contributed by atoms with Gasteiger partial charge in [-0.3, -0.25) is 4.79 Å². The summed E-state index contributed by atoms with van der Waals surface area (Å²) in [5.74, 6) is 1.45. The smallest absolute Gasteiger partial charge is 0.258 e. The zero-order valence-corrected chi connectivity index (χ0v) is 16.1. The van der Waals surface area contributed by atoms with Gasteiger partial charge >= 0.3 is 0 Å². The van der Waals surface area contributed by atoms with E-state index in [4.69, 9.17) is 4.74 Å². The van der Waals surface area contributed by atoms with Crippen LogP contribution in [0, 0.1) is 0 Å². The Balaban J connectivity index is 1.54. The van der Waals surface area contributed by atoms with Crippen LogP contribution in [-0.2, 0) is 6.42 Å². The van der Waals surface area contributed by atoms with E-state index >= 15 is 0 Å². The number of carbonyl (C=O) groups excluding carboxylic acids is 1. The molecule has 1 N–H and O–H groups in total. The summed E-state index contributed by atoms with van der Waals surface area (Å²) in [7, 11) is 0. The molecule has 1 atom stereocenters. The fourth-order valence-corrected chi connectivity index (χ4v) is 3.60. The molecule has 1 aliphatic rings. The summed E-state index contributed by atoms with van der Waals surface area (Å²) >= 11 is 0. The van der Waals surface area contributed by atoms with Gasteiger partial charge in [0.1, 0.15) is 11.6 Å². The van der Waals surface area contributed by atoms with Crippen LogP contribution in [0.3, 0.4) is 0 Å². The van der Waals surface area contributed by atoms with Crippen molar-refractivity contribution in [2.24, 2.45) is 0 Å². The van der Waals surface area contributed by atoms with Crippen molar-refractivity contribution < 1.29 is 9.53 Å². The minimum atomic E-state index is -0.00501. The summed E-state index contributed by atoms with van der Waals surface area (Å²) in [5.41, 5.74) is 3.72. The molecule has 142 valence electrons. The molecule has 0 aliphatic carbocycles. The summed E-state index contributed by atoms with van der Waals surface area (Å²) in [5, 5.41) is 3.25. The fourth-order valence-electron chi connectivity index (χ4n) is 3.60. The molecule has 4 rings (SSSR count). The summed E-state index contributed by atoms with van der Waals surface area (Å²) < 4.78 is 5.46. The van der Waals surface area contributed by atoms with Gasteiger partial charge < -0.3 is 15.0 Å². The van der Waals surface area contributed by atoms with Crippen LogP contribution in [0.1, 0.15) is 29.8 Å². The molecule has 1 aromatic heterocycles. The first-order chi connectivity index (χ1) is 13.7. The van der Waals surface area contributed by atoms with Gasteiger partial charge in [0.15, 0.2) is 0 Å². The predicted molar refractivity (Wildman–Crippen MR) is 112 cm³/mol. The predicted octanol–water partition coefficient (Wildman–Crippen LogP) is 4.82. The molecular weight excluding hydrogens is 350 g/mol. The van der Waals surface area contributed by atoms with Crippen LogP contribution in [0.25, 0.3) is 0 Å². The Bertz CT molecular complexity index is 985. The van der Waals surface area contributed by atoms with Gasteiger partial charge in [-0.1, -0.05) is 18.2 Å². The number of aromatic nitrogens is 1. The molecule has 0 spiro atoms. The highest BCUT2D eigenvalue weighted by Crippen LogP contribution is 2.33. The number of nitrogens with one attached hydrogen (secondary N) is 1. The molecule has 0 saturated carbocycles. The third-order valence-electron chi connectivity index (χ3n) is 4.87. The second-order valence-electron chi connectivity index (χ2n) is 6.87. The maximum Gasteiger partial charge on any atom is 0.258 e. The molecule has 0 bridgehead atoms. The van der Waals surface area contributed by atoms with E-state index in [0.717, 1.165) is 23.5 Å². The van der Waals surface area contributed by atoms with Crippen LogP contribution in [0.4, 0.5) is 17.2 Å². The maximum atomic E-state index is 13.2. The van der Waals surface area contributed by atoms with Crippen LogP contribution in [0.2, 0.25) is 0 Å². The first-order valence-corrected chi connectivity index (χ1v) is 9.53. The maximum absolute atomic E-state index is 13.2. The van der Waals surface area contributed by atoms with E-state index in [1.54, 1.807) is 18.3 Å². The van der Waals surface area contributed by atoms with Crippen LogP contribution in [-0.4, -0.2) is 23.5 Å². The van der Waals surface area contributed by atoms with Crippen molar-refractivity contribution in [1.29, 1.82) is 0 Å². The Morgan fingerprint density at radius 1 is 1.18 bits per heavy atom. The molecule has 0 saturated heterocycles. The van der Waals surface area contributed by atoms with E-state index in [-0.39, 0.29) is 11.9 Å². The van der Waals surface area contributed by atoms with Crippen molar-refractivity contribution in [3.05, 3.63) is 78.0 Å². The Morgan fingerprint density at radius 2 is 1.96 bits per heavy atom. The number of para-hydroxylation sites is 1. The SMILES string of the molecule is CCOc1ccc(Nc2cc(C(=O)N3c4ccccc4CC3C)ccn2)cc1. The Labute approximate surface area is 165 Å². The summed E-state index contributed by atoms with van der Waals surface area (Å²) in [6.45, 7) is 4.67. The average molecular weight is 373 g/mol. The van der Waals surface area contributed by atoms with Crippen molar-refractivity contribution in [2.45, 2.75) is 26.3 Å². The van der Waals surface area contributed by atoms with E-state index in [0.29, 0.717) is 18.0 Å². The second-order valence-corrected chi connectivity index (χ2v) is 6.87. The molecule has 0 radical (unpaired) electrons. The number of ether oxygens (including phenoxy) is 1. The monoisotopic (exact) mass is 373 g/mol. The van der Waals surface area contributed by atoms with Gasteiger partial charge in [0.25, 0.3) is 5.91 Å². The van der Waals surface area contributed by atoms with Gasteiger partial charge in [0.2, 0.25) is 0 Å². The molecule has 5 nitrogen and oxygen atoms in total. The standard InChI is InChI=1S/C23H23N3O2/c1-3-28-20-10-8-19(9-11-20)25-22-15-18(12-13-24-22)23(27)26-16(2)14-17-6-4-5-7-21(17)26/h4-13,15-16H,3,14H2,1-2H3,(H,24,25). The van der Waals surface area contributed by atoms with Crippen molar-refractivity contribution in [2.75, 3.05) is 16.8 Å². The highest BCUT2D eigenvalue weighted by atomic mass is 16.5. The summed E-state index contributed by atoms with van der Waals surface area (Å²) in [6, 6.07) is 19.5. The minimum absolute atomic E-state index is 0.00501. The lowest BCUT2D eigenvalue weighted by atomic mass is 10.1. The minimum Gasteiger partial charge on any atom is -0.494 e. The number of amides is 1. The van der Waals surface area contributed by atoms with E-state index < -0.39 is 0 Å². The largest absolute Gasteiger partial charge is 0.494 e. The Kier molecular flexibility index (Phi) is 4.98. The molecule has 28 heavy (non-hydrogen) atoms. The number of anilines is 3. The molecule has 1 unspecified atom stereocenters. The van der Waals surface area contributed by atoms with E-state index in [1.807, 2.05) is 54.3 Å². The topological polar surface area (TPSA) is 54.5 Å². The summed E-state index contributed by atoms with van der Waals surface area (Å²) in [4.78, 5) is 19.4. The molecule has 1 aliphatic heterocycles. The number of fused-ring (bicyclic) bond motifs is 1. The van der Waals surface area contributed by atoms with Gasteiger partial charge in [-0.15, -0.1) is 0 Å². The van der Waals surface area contributed by atoms with E-state index in [2.05, 4.69) is 23.3 Å². The Hall–Kier alpha value is -3.34. The van der Waals surface area contributed by atoms with Crippen molar-refractivity contribution in [1.82, 2.24) is 4.98 Å². The van der Waals surface area contributed by atoms with E-state index in [1.165, 1.54) is 5.56 Å². The lowest BCUT2D eigenvalue weighted by Gasteiger charge is -2.23. The number of hydrogen-bond acceptors (Lipinski definition) is 4. The van der Waals surface area contributed by atoms with E-state index in [9.17, 15) is 4.79 Å². The number of nitrogens with zero attached hydrogens (tertiary/aromatic N) is 2. The fraction of sp³-hybridized carbons (Fsp3) is 0.217. The lowest BCUT2D eigenvalue weighted by Crippen LogP contribution is -2.35. The van der Waals surface area contributed by atoms with Gasteiger partial charge in [0.05, 0.1) is 6.61 Å².